The van der Waals surface area contributed by atoms with E-state index in [2.05, 4.69) is 9.97 Å². The summed E-state index contributed by atoms with van der Waals surface area (Å²) in [5.74, 6) is 0.0368. The Hall–Kier alpha value is -2.89. The van der Waals surface area contributed by atoms with Gasteiger partial charge in [0.1, 0.15) is 0 Å². The maximum Gasteiger partial charge on any atom is 0.416 e. The number of carbonyl (C=O) groups excluding carboxylic acids is 1. The third kappa shape index (κ3) is 3.84. The monoisotopic (exact) mass is 398 g/mol. The maximum absolute atomic E-state index is 13.1. The van der Waals surface area contributed by atoms with E-state index in [1.807, 2.05) is 26.0 Å². The Labute approximate surface area is 167 Å². The van der Waals surface area contributed by atoms with Gasteiger partial charge < -0.3 is 4.98 Å². The summed E-state index contributed by atoms with van der Waals surface area (Å²) >= 11 is 0. The lowest BCUT2D eigenvalue weighted by molar-refractivity contribution is -0.137. The molecule has 1 N–H and O–H groups in total. The zero-order chi connectivity index (χ0) is 20.8. The molecule has 29 heavy (non-hydrogen) atoms. The SMILES string of the molecule is CC1(C)CC(=O)c2c([nH]c(-c3ccncc3)c2Cc2cccc(C(F)(F)F)c2)C1. The lowest BCUT2D eigenvalue weighted by atomic mass is 9.75. The second kappa shape index (κ2) is 6.87. The highest BCUT2D eigenvalue weighted by molar-refractivity contribution is 6.02. The van der Waals surface area contributed by atoms with Crippen LogP contribution in [0.3, 0.4) is 0 Å². The fraction of sp³-hybridized carbons (Fsp3) is 0.304. The van der Waals surface area contributed by atoms with E-state index in [1.54, 1.807) is 18.5 Å². The quantitative estimate of drug-likeness (QED) is 0.602. The highest BCUT2D eigenvalue weighted by Gasteiger charge is 2.36. The molecule has 2 aromatic heterocycles. The molecule has 0 amide bonds. The van der Waals surface area contributed by atoms with Gasteiger partial charge in [-0.1, -0.05) is 32.0 Å². The number of ketones is 1. The summed E-state index contributed by atoms with van der Waals surface area (Å²) in [4.78, 5) is 20.4. The first-order valence-electron chi connectivity index (χ1n) is 9.47. The van der Waals surface area contributed by atoms with Crippen LogP contribution in [0.25, 0.3) is 11.3 Å². The Balaban J connectivity index is 1.84. The van der Waals surface area contributed by atoms with E-state index >= 15 is 0 Å². The molecule has 3 nitrogen and oxygen atoms in total. The molecule has 3 aromatic rings. The molecule has 1 aromatic carbocycles. The molecule has 1 aliphatic carbocycles. The molecule has 6 heteroatoms. The smallest absolute Gasteiger partial charge is 0.358 e. The van der Waals surface area contributed by atoms with Crippen molar-refractivity contribution in [1.82, 2.24) is 9.97 Å². The average molecular weight is 398 g/mol. The fourth-order valence-electron chi connectivity index (χ4n) is 4.13. The van der Waals surface area contributed by atoms with E-state index in [-0.39, 0.29) is 17.6 Å². The predicted octanol–water partition coefficient (Wildman–Crippen LogP) is 5.84. The molecular weight excluding hydrogens is 377 g/mol. The van der Waals surface area contributed by atoms with Crippen LogP contribution in [0.1, 0.15) is 53.0 Å². The molecule has 0 aliphatic heterocycles. The van der Waals surface area contributed by atoms with Gasteiger partial charge in [-0.2, -0.15) is 13.2 Å². The van der Waals surface area contributed by atoms with E-state index in [4.69, 9.17) is 0 Å². The summed E-state index contributed by atoms with van der Waals surface area (Å²) in [7, 11) is 0. The van der Waals surface area contributed by atoms with Gasteiger partial charge in [-0.25, -0.2) is 0 Å². The van der Waals surface area contributed by atoms with Crippen LogP contribution in [0.4, 0.5) is 13.2 Å². The largest absolute Gasteiger partial charge is 0.416 e. The van der Waals surface area contributed by atoms with Crippen LogP contribution in [0, 0.1) is 5.41 Å². The molecule has 2 heterocycles. The van der Waals surface area contributed by atoms with Crippen LogP contribution in [0.2, 0.25) is 0 Å². The molecule has 0 unspecified atom stereocenters. The van der Waals surface area contributed by atoms with Gasteiger partial charge in [-0.3, -0.25) is 9.78 Å². The van der Waals surface area contributed by atoms with Crippen LogP contribution >= 0.6 is 0 Å². The van der Waals surface area contributed by atoms with E-state index < -0.39 is 11.7 Å². The van der Waals surface area contributed by atoms with Gasteiger partial charge in [0.25, 0.3) is 0 Å². The molecule has 150 valence electrons. The molecule has 0 bridgehead atoms. The van der Waals surface area contributed by atoms with Crippen molar-refractivity contribution in [3.63, 3.8) is 0 Å². The Morgan fingerprint density at radius 3 is 2.52 bits per heavy atom. The van der Waals surface area contributed by atoms with Crippen molar-refractivity contribution in [2.75, 3.05) is 0 Å². The van der Waals surface area contributed by atoms with Crippen LogP contribution in [-0.4, -0.2) is 15.8 Å². The zero-order valence-electron chi connectivity index (χ0n) is 16.2. The molecule has 0 spiro atoms. The standard InChI is InChI=1S/C23H21F3N2O/c1-22(2)12-18-20(19(29)13-22)17(21(28-18)15-6-8-27-9-7-15)11-14-4-3-5-16(10-14)23(24,25)26/h3-10,28H,11-13H2,1-2H3. The second-order valence-electron chi connectivity index (χ2n) is 8.38. The Morgan fingerprint density at radius 1 is 1.10 bits per heavy atom. The predicted molar refractivity (Wildman–Crippen MR) is 105 cm³/mol. The third-order valence-electron chi connectivity index (χ3n) is 5.36. The Morgan fingerprint density at radius 2 is 1.83 bits per heavy atom. The van der Waals surface area contributed by atoms with Crippen molar-refractivity contribution in [3.8, 4) is 11.3 Å². The maximum atomic E-state index is 13.1. The van der Waals surface area contributed by atoms with Crippen LogP contribution in [0.15, 0.2) is 48.8 Å². The number of alkyl halides is 3. The third-order valence-corrected chi connectivity index (χ3v) is 5.36. The highest BCUT2D eigenvalue weighted by atomic mass is 19.4. The fourth-order valence-corrected chi connectivity index (χ4v) is 4.13. The summed E-state index contributed by atoms with van der Waals surface area (Å²) in [5.41, 5.74) is 3.58. The average Bonchev–Trinajstić information content (AvgIpc) is 2.99. The number of aromatic amines is 1. The van der Waals surface area contributed by atoms with Gasteiger partial charge >= 0.3 is 6.18 Å². The lowest BCUT2D eigenvalue weighted by Crippen LogP contribution is -2.27. The van der Waals surface area contributed by atoms with Crippen molar-refractivity contribution in [2.24, 2.45) is 5.41 Å². The van der Waals surface area contributed by atoms with E-state index in [9.17, 15) is 18.0 Å². The second-order valence-corrected chi connectivity index (χ2v) is 8.38. The van der Waals surface area contributed by atoms with Crippen molar-refractivity contribution in [1.29, 1.82) is 0 Å². The highest BCUT2D eigenvalue weighted by Crippen LogP contribution is 2.40. The van der Waals surface area contributed by atoms with E-state index in [0.717, 1.165) is 41.1 Å². The van der Waals surface area contributed by atoms with Crippen LogP contribution in [-0.2, 0) is 19.0 Å². The zero-order valence-corrected chi connectivity index (χ0v) is 16.2. The van der Waals surface area contributed by atoms with Gasteiger partial charge in [-0.05, 0) is 41.2 Å². The first-order chi connectivity index (χ1) is 13.6. The van der Waals surface area contributed by atoms with Gasteiger partial charge in [0, 0.05) is 42.1 Å². The van der Waals surface area contributed by atoms with Gasteiger partial charge in [0.15, 0.2) is 5.78 Å². The molecule has 0 radical (unpaired) electrons. The van der Waals surface area contributed by atoms with Crippen molar-refractivity contribution < 1.29 is 18.0 Å². The lowest BCUT2D eigenvalue weighted by Gasteiger charge is -2.28. The topological polar surface area (TPSA) is 45.8 Å². The minimum atomic E-state index is -4.40. The number of carbonyl (C=O) groups is 1. The number of nitrogens with zero attached hydrogens (tertiary/aromatic N) is 1. The summed E-state index contributed by atoms with van der Waals surface area (Å²) in [6.45, 7) is 4.10. The van der Waals surface area contributed by atoms with Crippen molar-refractivity contribution in [2.45, 2.75) is 39.3 Å². The van der Waals surface area contributed by atoms with Crippen LogP contribution in [0.5, 0.6) is 0 Å². The summed E-state index contributed by atoms with van der Waals surface area (Å²) in [5, 5.41) is 0. The first-order valence-corrected chi connectivity index (χ1v) is 9.47. The number of aromatic nitrogens is 2. The molecule has 0 saturated heterocycles. The summed E-state index contributed by atoms with van der Waals surface area (Å²) in [6, 6.07) is 8.97. The number of benzene rings is 1. The molecular formula is C23H21F3N2O. The minimum Gasteiger partial charge on any atom is -0.358 e. The minimum absolute atomic E-state index is 0.0368. The van der Waals surface area contributed by atoms with Crippen molar-refractivity contribution >= 4 is 5.78 Å². The van der Waals surface area contributed by atoms with Gasteiger partial charge in [0.2, 0.25) is 0 Å². The van der Waals surface area contributed by atoms with Crippen molar-refractivity contribution in [3.05, 3.63) is 76.7 Å². The molecule has 0 atom stereocenters. The normalized spacial score (nSPS) is 16.0. The number of hydrogen-bond acceptors (Lipinski definition) is 2. The van der Waals surface area contributed by atoms with Gasteiger partial charge in [-0.15, -0.1) is 0 Å². The molecule has 0 fully saturated rings. The number of rotatable bonds is 3. The molecule has 1 aliphatic rings. The Bertz CT molecular complexity index is 1070. The summed E-state index contributed by atoms with van der Waals surface area (Å²) in [6.07, 6.45) is 0.308. The molecule has 0 saturated carbocycles. The van der Waals surface area contributed by atoms with Crippen LogP contribution < -0.4 is 0 Å². The number of nitrogens with one attached hydrogen (secondary N) is 1. The Kier molecular flexibility index (Phi) is 4.60. The van der Waals surface area contributed by atoms with E-state index in [0.29, 0.717) is 17.5 Å². The number of Topliss-reactive ketones (excluding diaryl/α,β-unsaturated/α-hetero) is 1. The first kappa shape index (κ1) is 19.4. The molecule has 4 rings (SSSR count). The number of pyridine rings is 1. The summed E-state index contributed by atoms with van der Waals surface area (Å²) < 4.78 is 39.4. The number of halogens is 3. The number of hydrogen-bond donors (Lipinski definition) is 1. The van der Waals surface area contributed by atoms with E-state index in [1.165, 1.54) is 6.07 Å². The number of fused-ring (bicyclic) bond motifs is 1. The number of H-pyrrole nitrogens is 1. The van der Waals surface area contributed by atoms with Gasteiger partial charge in [0.05, 0.1) is 11.3 Å².